The van der Waals surface area contributed by atoms with Crippen molar-refractivity contribution in [3.8, 4) is 0 Å². The number of hydrogen-bond donors (Lipinski definition) is 1. The van der Waals surface area contributed by atoms with Gasteiger partial charge in [-0.15, -0.1) is 17.9 Å². The van der Waals surface area contributed by atoms with Gasteiger partial charge in [0.15, 0.2) is 5.16 Å². The summed E-state index contributed by atoms with van der Waals surface area (Å²) in [6, 6.07) is 0. The zero-order valence-electron chi connectivity index (χ0n) is 12.6. The van der Waals surface area contributed by atoms with E-state index in [9.17, 15) is 0 Å². The molecule has 1 aliphatic carbocycles. The fourth-order valence-electron chi connectivity index (χ4n) is 2.97. The zero-order valence-corrected chi connectivity index (χ0v) is 14.2. The van der Waals surface area contributed by atoms with Crippen LogP contribution in [0.15, 0.2) is 17.8 Å². The molecule has 1 aliphatic rings. The highest BCUT2D eigenvalue weighted by molar-refractivity contribution is 7.99. The van der Waals surface area contributed by atoms with E-state index in [2.05, 4.69) is 20.4 Å². The molecule has 3 nitrogen and oxygen atoms in total. The summed E-state index contributed by atoms with van der Waals surface area (Å²) in [5.74, 6) is 1.59. The minimum absolute atomic E-state index is 0.640. The molecule has 2 aromatic heterocycles. The van der Waals surface area contributed by atoms with Gasteiger partial charge >= 0.3 is 0 Å². The number of fused-ring (bicyclic) bond motifs is 3. The molecule has 0 aliphatic heterocycles. The zero-order chi connectivity index (χ0) is 15.0. The average Bonchev–Trinajstić information content (AvgIpc) is 2.82. The lowest BCUT2D eigenvalue weighted by Gasteiger charge is -2.18. The summed E-state index contributed by atoms with van der Waals surface area (Å²) in [7, 11) is 0. The van der Waals surface area contributed by atoms with Crippen LogP contribution in [0.5, 0.6) is 0 Å². The van der Waals surface area contributed by atoms with Gasteiger partial charge in [-0.05, 0) is 37.7 Å². The second kappa shape index (κ2) is 5.97. The Labute approximate surface area is 133 Å². The van der Waals surface area contributed by atoms with Crippen LogP contribution in [0.3, 0.4) is 0 Å². The fourth-order valence-corrected chi connectivity index (χ4v) is 5.21. The van der Waals surface area contributed by atoms with Crippen LogP contribution < -0.4 is 5.49 Å². The van der Waals surface area contributed by atoms with Gasteiger partial charge in [-0.2, -0.15) is 0 Å². The van der Waals surface area contributed by atoms with Crippen molar-refractivity contribution in [3.05, 3.63) is 28.6 Å². The van der Waals surface area contributed by atoms with Gasteiger partial charge < -0.3 is 4.57 Å². The van der Waals surface area contributed by atoms with Gasteiger partial charge in [0, 0.05) is 17.2 Å². The fraction of sp³-hybridized carbons (Fsp3) is 0.500. The summed E-state index contributed by atoms with van der Waals surface area (Å²) in [5, 5.41) is 10.7. The summed E-state index contributed by atoms with van der Waals surface area (Å²) in [6.45, 7) is 8.98. The normalized spacial score (nSPS) is 17.9. The molecule has 1 atom stereocenters. The number of aromatic nitrogens is 2. The molecular weight excluding hydrogens is 298 g/mol. The van der Waals surface area contributed by atoms with Crippen LogP contribution in [0.25, 0.3) is 10.2 Å². The second-order valence-electron chi connectivity index (χ2n) is 5.62. The minimum Gasteiger partial charge on any atom is -0.306 e. The number of hydrogen-bond acceptors (Lipinski definition) is 4. The molecular formula is C16H21N3S2. The minimum atomic E-state index is 0.640. The molecule has 0 bridgehead atoms. The van der Waals surface area contributed by atoms with Crippen LogP contribution in [0.4, 0.5) is 0 Å². The van der Waals surface area contributed by atoms with Crippen molar-refractivity contribution >= 4 is 33.3 Å². The second-order valence-corrected chi connectivity index (χ2v) is 7.69. The van der Waals surface area contributed by atoms with Crippen LogP contribution in [0.1, 0.15) is 30.7 Å². The van der Waals surface area contributed by atoms with Gasteiger partial charge in [-0.3, -0.25) is 5.41 Å². The maximum atomic E-state index is 8.61. The third-order valence-corrected chi connectivity index (χ3v) is 6.19. The Hall–Kier alpha value is -1.07. The first-order valence-electron chi connectivity index (χ1n) is 7.49. The van der Waals surface area contributed by atoms with Gasteiger partial charge in [-0.25, -0.2) is 4.98 Å². The molecule has 1 N–H and O–H groups in total. The first-order chi connectivity index (χ1) is 10.2. The Morgan fingerprint density at radius 3 is 3.10 bits per heavy atom. The number of thiophene rings is 1. The molecule has 112 valence electrons. The SMILES string of the molecule is C=CCSc1nc2sc3c(c2c(=N)n1CC)CC[C@H](C)C3. The smallest absolute Gasteiger partial charge is 0.171 e. The van der Waals surface area contributed by atoms with Gasteiger partial charge in [-0.1, -0.05) is 24.8 Å². The molecule has 0 unspecified atom stereocenters. The van der Waals surface area contributed by atoms with E-state index in [0.29, 0.717) is 5.49 Å². The van der Waals surface area contributed by atoms with Crippen LogP contribution >= 0.6 is 23.1 Å². The van der Waals surface area contributed by atoms with E-state index in [1.807, 2.05) is 10.6 Å². The first kappa shape index (κ1) is 14.9. The van der Waals surface area contributed by atoms with E-state index in [1.54, 1.807) is 23.1 Å². The average molecular weight is 319 g/mol. The molecule has 3 rings (SSSR count). The van der Waals surface area contributed by atoms with Crippen molar-refractivity contribution < 1.29 is 0 Å². The highest BCUT2D eigenvalue weighted by Crippen LogP contribution is 2.36. The van der Waals surface area contributed by atoms with Crippen molar-refractivity contribution in [1.29, 1.82) is 5.41 Å². The van der Waals surface area contributed by atoms with Crippen molar-refractivity contribution in [2.45, 2.75) is 44.8 Å². The van der Waals surface area contributed by atoms with E-state index < -0.39 is 0 Å². The monoisotopic (exact) mass is 319 g/mol. The highest BCUT2D eigenvalue weighted by atomic mass is 32.2. The number of nitrogens with zero attached hydrogens (tertiary/aromatic N) is 2. The summed E-state index contributed by atoms with van der Waals surface area (Å²) in [5.41, 5.74) is 2.04. The standard InChI is InChI=1S/C16H21N3S2/c1-4-8-20-16-18-15-13(14(17)19(16)5-2)11-7-6-10(3)9-12(11)21-15/h4,10,17H,1,5-9H2,2-3H3/t10-/m0/s1. The Balaban J connectivity index is 2.21. The van der Waals surface area contributed by atoms with E-state index in [-0.39, 0.29) is 0 Å². The van der Waals surface area contributed by atoms with Crippen LogP contribution in [-0.4, -0.2) is 15.3 Å². The number of aryl methyl sites for hydroxylation is 1. The molecule has 0 radical (unpaired) electrons. The Morgan fingerprint density at radius 1 is 1.57 bits per heavy atom. The van der Waals surface area contributed by atoms with Crippen LogP contribution in [0, 0.1) is 11.3 Å². The summed E-state index contributed by atoms with van der Waals surface area (Å²) < 4.78 is 2.03. The van der Waals surface area contributed by atoms with Gasteiger partial charge in [0.25, 0.3) is 0 Å². The highest BCUT2D eigenvalue weighted by Gasteiger charge is 2.23. The molecule has 0 spiro atoms. The van der Waals surface area contributed by atoms with Gasteiger partial charge in [0.05, 0.1) is 5.39 Å². The maximum Gasteiger partial charge on any atom is 0.171 e. The Kier molecular flexibility index (Phi) is 4.22. The third-order valence-electron chi connectivity index (χ3n) is 4.07. The van der Waals surface area contributed by atoms with Crippen LogP contribution in [0.2, 0.25) is 0 Å². The molecule has 0 saturated carbocycles. The predicted octanol–water partition coefficient (Wildman–Crippen LogP) is 4.00. The lowest BCUT2D eigenvalue weighted by molar-refractivity contribution is 0.508. The topological polar surface area (TPSA) is 41.7 Å². The van der Waals surface area contributed by atoms with Crippen molar-refractivity contribution in [1.82, 2.24) is 9.55 Å². The third kappa shape index (κ3) is 2.57. The molecule has 0 aromatic carbocycles. The van der Waals surface area contributed by atoms with E-state index in [1.165, 1.54) is 16.9 Å². The molecule has 2 heterocycles. The molecule has 0 saturated heterocycles. The van der Waals surface area contributed by atoms with Crippen molar-refractivity contribution in [2.24, 2.45) is 5.92 Å². The predicted molar refractivity (Wildman–Crippen MR) is 91.2 cm³/mol. The van der Waals surface area contributed by atoms with E-state index >= 15 is 0 Å². The maximum absolute atomic E-state index is 8.61. The number of rotatable bonds is 4. The summed E-state index contributed by atoms with van der Waals surface area (Å²) in [6.07, 6.45) is 5.38. The summed E-state index contributed by atoms with van der Waals surface area (Å²) in [4.78, 5) is 7.36. The van der Waals surface area contributed by atoms with E-state index in [4.69, 9.17) is 10.4 Å². The lowest BCUT2D eigenvalue weighted by atomic mass is 9.89. The molecule has 2 aromatic rings. The Bertz CT molecular complexity index is 742. The summed E-state index contributed by atoms with van der Waals surface area (Å²) >= 11 is 3.47. The van der Waals surface area contributed by atoms with Crippen molar-refractivity contribution in [3.63, 3.8) is 0 Å². The molecule has 0 amide bonds. The van der Waals surface area contributed by atoms with E-state index in [0.717, 1.165) is 46.4 Å². The van der Waals surface area contributed by atoms with Gasteiger partial charge in [0.1, 0.15) is 10.3 Å². The first-order valence-corrected chi connectivity index (χ1v) is 9.29. The largest absolute Gasteiger partial charge is 0.306 e. The lowest BCUT2D eigenvalue weighted by Crippen LogP contribution is -2.23. The molecule has 21 heavy (non-hydrogen) atoms. The van der Waals surface area contributed by atoms with Gasteiger partial charge in [0.2, 0.25) is 0 Å². The van der Waals surface area contributed by atoms with Crippen molar-refractivity contribution in [2.75, 3.05) is 5.75 Å². The molecule has 0 fully saturated rings. The Morgan fingerprint density at radius 2 is 2.38 bits per heavy atom. The number of nitrogens with one attached hydrogen (secondary N) is 1. The number of thioether (sulfide) groups is 1. The quantitative estimate of drug-likeness (QED) is 0.526. The molecule has 5 heteroatoms. The van der Waals surface area contributed by atoms with Crippen LogP contribution in [-0.2, 0) is 19.4 Å².